The van der Waals surface area contributed by atoms with E-state index in [0.29, 0.717) is 57.9 Å². The molecular formula is C34H41F6N3O4. The maximum atomic E-state index is 13.7. The number of halogens is 6. The minimum Gasteiger partial charge on any atom is -0.444 e. The van der Waals surface area contributed by atoms with Crippen LogP contribution >= 0.6 is 0 Å². The van der Waals surface area contributed by atoms with Crippen LogP contribution in [0.15, 0.2) is 48.6 Å². The Morgan fingerprint density at radius 3 is 2.15 bits per heavy atom. The van der Waals surface area contributed by atoms with Gasteiger partial charge in [-0.2, -0.15) is 26.3 Å². The van der Waals surface area contributed by atoms with Crippen molar-refractivity contribution in [3.8, 4) is 0 Å². The zero-order valence-electron chi connectivity index (χ0n) is 27.2. The summed E-state index contributed by atoms with van der Waals surface area (Å²) in [6.07, 6.45) is -6.79. The fourth-order valence-corrected chi connectivity index (χ4v) is 5.62. The number of nitrogens with zero attached hydrogens (tertiary/aromatic N) is 3. The number of carbonyl (C=O) groups excluding carboxylic acids is 2. The lowest BCUT2D eigenvalue weighted by Gasteiger charge is -2.41. The molecule has 0 radical (unpaired) electrons. The van der Waals surface area contributed by atoms with Gasteiger partial charge >= 0.3 is 18.4 Å². The average Bonchev–Trinajstić information content (AvgIpc) is 2.97. The second kappa shape index (κ2) is 14.3. The molecule has 2 fully saturated rings. The van der Waals surface area contributed by atoms with E-state index in [-0.39, 0.29) is 18.7 Å². The minimum absolute atomic E-state index is 0.0242. The van der Waals surface area contributed by atoms with Crippen molar-refractivity contribution in [2.75, 3.05) is 45.9 Å². The molecule has 2 aliphatic heterocycles. The summed E-state index contributed by atoms with van der Waals surface area (Å²) in [5, 5.41) is 0. The van der Waals surface area contributed by atoms with Crippen LogP contribution in [-0.4, -0.2) is 90.3 Å². The Morgan fingerprint density at radius 1 is 0.894 bits per heavy atom. The Kier molecular flexibility index (Phi) is 11.0. The van der Waals surface area contributed by atoms with E-state index >= 15 is 0 Å². The summed E-state index contributed by atoms with van der Waals surface area (Å²) in [5.41, 5.74) is -1.35. The summed E-state index contributed by atoms with van der Waals surface area (Å²) in [6, 6.07) is 6.30. The number of hydrogen-bond acceptors (Lipinski definition) is 5. The summed E-state index contributed by atoms with van der Waals surface area (Å²) in [7, 11) is 0. The fraction of sp³-hybridized carbons (Fsp3) is 0.529. The Bertz CT molecular complexity index is 1430. The van der Waals surface area contributed by atoms with E-state index in [9.17, 15) is 35.9 Å². The molecule has 4 rings (SSSR count). The second-order valence-corrected chi connectivity index (χ2v) is 13.1. The molecule has 2 saturated heterocycles. The number of rotatable bonds is 6. The van der Waals surface area contributed by atoms with Crippen molar-refractivity contribution in [1.29, 1.82) is 0 Å². The number of piperazine rings is 1. The predicted octanol–water partition coefficient (Wildman–Crippen LogP) is 6.90. The molecule has 2 aromatic carbocycles. The highest BCUT2D eigenvalue weighted by Crippen LogP contribution is 2.37. The largest absolute Gasteiger partial charge is 0.444 e. The number of carbonyl (C=O) groups is 2. The highest BCUT2D eigenvalue weighted by molar-refractivity contribution is 5.95. The molecule has 2 amide bonds. The van der Waals surface area contributed by atoms with Crippen LogP contribution in [0.5, 0.6) is 0 Å². The summed E-state index contributed by atoms with van der Waals surface area (Å²) in [5.74, 6) is -0.886. The topological polar surface area (TPSA) is 62.3 Å². The van der Waals surface area contributed by atoms with Crippen LogP contribution in [0, 0.1) is 13.8 Å². The molecule has 0 bridgehead atoms. The van der Waals surface area contributed by atoms with Crippen molar-refractivity contribution in [2.45, 2.75) is 71.1 Å². The van der Waals surface area contributed by atoms with Gasteiger partial charge in [0.05, 0.1) is 30.4 Å². The molecule has 0 saturated carbocycles. The first-order chi connectivity index (χ1) is 21.8. The van der Waals surface area contributed by atoms with Crippen LogP contribution in [0.3, 0.4) is 0 Å². The van der Waals surface area contributed by atoms with Crippen molar-refractivity contribution in [1.82, 2.24) is 14.7 Å². The maximum Gasteiger partial charge on any atom is 0.416 e. The number of benzene rings is 2. The Balaban J connectivity index is 1.52. The summed E-state index contributed by atoms with van der Waals surface area (Å²) < 4.78 is 92.7. The van der Waals surface area contributed by atoms with Crippen LogP contribution in [0.25, 0.3) is 0 Å². The molecule has 2 atom stereocenters. The Hall–Kier alpha value is -3.58. The molecule has 0 N–H and O–H groups in total. The molecule has 2 aliphatic rings. The molecule has 0 aliphatic carbocycles. The highest BCUT2D eigenvalue weighted by Gasteiger charge is 2.39. The quantitative estimate of drug-likeness (QED) is 0.248. The number of aryl methyl sites for hydroxylation is 2. The van der Waals surface area contributed by atoms with Crippen LogP contribution in [-0.2, 0) is 28.2 Å². The van der Waals surface area contributed by atoms with E-state index < -0.39 is 52.7 Å². The number of alkyl halides is 6. The van der Waals surface area contributed by atoms with Gasteiger partial charge in [-0.3, -0.25) is 9.69 Å². The SMILES string of the molecule is Cc1ccc(C[C@@H]2CN(CC=C[C@H]3CN(C(=O)OC(C)(C)C)CCO3)CCN2C(=O)c2cc(C(F)(F)F)cc(C(F)(F)F)c2)cc1C. The van der Waals surface area contributed by atoms with Gasteiger partial charge in [-0.15, -0.1) is 0 Å². The highest BCUT2D eigenvalue weighted by atomic mass is 19.4. The van der Waals surface area contributed by atoms with Gasteiger partial charge in [0, 0.05) is 44.3 Å². The molecule has 2 aromatic rings. The molecular weight excluding hydrogens is 628 g/mol. The van der Waals surface area contributed by atoms with Gasteiger partial charge in [0.2, 0.25) is 0 Å². The first-order valence-corrected chi connectivity index (χ1v) is 15.5. The third kappa shape index (κ3) is 9.96. The molecule has 0 aromatic heterocycles. The van der Waals surface area contributed by atoms with Gasteiger partial charge in [0.1, 0.15) is 5.60 Å². The summed E-state index contributed by atoms with van der Waals surface area (Å²) in [6.45, 7) is 11.6. The second-order valence-electron chi connectivity index (χ2n) is 13.1. The van der Waals surface area contributed by atoms with Crippen LogP contribution < -0.4 is 0 Å². The smallest absolute Gasteiger partial charge is 0.416 e. The summed E-state index contributed by atoms with van der Waals surface area (Å²) >= 11 is 0. The van der Waals surface area contributed by atoms with Crippen LogP contribution in [0.4, 0.5) is 31.1 Å². The fourth-order valence-electron chi connectivity index (χ4n) is 5.62. The van der Waals surface area contributed by atoms with E-state index in [1.54, 1.807) is 25.7 Å². The third-order valence-electron chi connectivity index (χ3n) is 8.16. The molecule has 258 valence electrons. The zero-order chi connectivity index (χ0) is 34.7. The normalized spacial score (nSPS) is 20.1. The number of ether oxygens (including phenoxy) is 2. The number of morpholine rings is 1. The Morgan fingerprint density at radius 2 is 1.55 bits per heavy atom. The van der Waals surface area contributed by atoms with E-state index in [1.165, 1.54) is 4.90 Å². The summed E-state index contributed by atoms with van der Waals surface area (Å²) in [4.78, 5) is 31.2. The zero-order valence-corrected chi connectivity index (χ0v) is 27.2. The lowest BCUT2D eigenvalue weighted by atomic mass is 9.97. The van der Waals surface area contributed by atoms with Crippen LogP contribution in [0.2, 0.25) is 0 Å². The third-order valence-corrected chi connectivity index (χ3v) is 8.16. The predicted molar refractivity (Wildman–Crippen MR) is 164 cm³/mol. The van der Waals surface area contributed by atoms with E-state index in [0.717, 1.165) is 16.7 Å². The average molecular weight is 670 g/mol. The van der Waals surface area contributed by atoms with Gasteiger partial charge in [0.25, 0.3) is 5.91 Å². The number of amides is 2. The maximum absolute atomic E-state index is 13.7. The molecule has 0 unspecified atom stereocenters. The van der Waals surface area contributed by atoms with Gasteiger partial charge in [-0.25, -0.2) is 4.79 Å². The molecule has 47 heavy (non-hydrogen) atoms. The van der Waals surface area contributed by atoms with E-state index in [1.807, 2.05) is 44.2 Å². The van der Waals surface area contributed by atoms with Crippen molar-refractivity contribution in [2.24, 2.45) is 0 Å². The minimum atomic E-state index is -5.06. The first-order valence-electron chi connectivity index (χ1n) is 15.5. The molecule has 0 spiro atoms. The van der Waals surface area contributed by atoms with Crippen molar-refractivity contribution < 1.29 is 45.4 Å². The lowest BCUT2D eigenvalue weighted by molar-refractivity contribution is -0.143. The first kappa shape index (κ1) is 36.3. The van der Waals surface area contributed by atoms with E-state index in [4.69, 9.17) is 9.47 Å². The van der Waals surface area contributed by atoms with Gasteiger partial charge in [0.15, 0.2) is 0 Å². The van der Waals surface area contributed by atoms with Crippen molar-refractivity contribution in [3.63, 3.8) is 0 Å². The monoisotopic (exact) mass is 669 g/mol. The standard InChI is InChI=1S/C34H41F6N3O4/c1-22-8-9-24(15-23(22)2)16-28-20-41(10-6-7-29-21-42(13-14-46-29)31(45)47-32(3,4)5)11-12-43(28)30(44)25-17-26(33(35,36)37)19-27(18-25)34(38,39)40/h6-9,15,17-19,28-29H,10-14,16,20-21H2,1-5H3/t28-,29+/m1/s1. The number of hydrogen-bond donors (Lipinski definition) is 0. The van der Waals surface area contributed by atoms with Crippen molar-refractivity contribution >= 4 is 12.0 Å². The molecule has 2 heterocycles. The van der Waals surface area contributed by atoms with Crippen LogP contribution in [0.1, 0.15) is 58.9 Å². The van der Waals surface area contributed by atoms with Gasteiger partial charge < -0.3 is 19.3 Å². The van der Waals surface area contributed by atoms with Gasteiger partial charge in [-0.1, -0.05) is 30.4 Å². The Labute approximate surface area is 271 Å². The van der Waals surface area contributed by atoms with Gasteiger partial charge in [-0.05, 0) is 75.9 Å². The van der Waals surface area contributed by atoms with E-state index in [2.05, 4.69) is 4.90 Å². The lowest BCUT2D eigenvalue weighted by Crippen LogP contribution is -2.56. The molecule has 7 nitrogen and oxygen atoms in total. The van der Waals surface area contributed by atoms with Crippen molar-refractivity contribution in [3.05, 3.63) is 81.9 Å². The molecule has 13 heteroatoms.